The summed E-state index contributed by atoms with van der Waals surface area (Å²) in [7, 11) is 0. The van der Waals surface area contributed by atoms with Crippen LogP contribution in [0.3, 0.4) is 0 Å². The van der Waals surface area contributed by atoms with Crippen molar-refractivity contribution in [2.24, 2.45) is 0 Å². The molecule has 0 bridgehead atoms. The van der Waals surface area contributed by atoms with E-state index in [9.17, 15) is 4.79 Å². The number of nitrogens with zero attached hydrogens (tertiary/aromatic N) is 1. The van der Waals surface area contributed by atoms with E-state index in [0.29, 0.717) is 26.2 Å². The summed E-state index contributed by atoms with van der Waals surface area (Å²) >= 11 is 0. The number of rotatable bonds is 10. The maximum Gasteiger partial charge on any atom is 0.150 e. The maximum absolute atomic E-state index is 11.0. The van der Waals surface area contributed by atoms with Crippen LogP contribution in [0.5, 0.6) is 0 Å². The Morgan fingerprint density at radius 2 is 2.05 bits per heavy atom. The molecule has 2 rings (SSSR count). The van der Waals surface area contributed by atoms with Crippen LogP contribution in [0.25, 0.3) is 0 Å². The first-order valence-corrected chi connectivity index (χ1v) is 7.85. The van der Waals surface area contributed by atoms with E-state index in [1.807, 2.05) is 25.1 Å². The molecule has 122 valence electrons. The van der Waals surface area contributed by atoms with Crippen molar-refractivity contribution in [3.8, 4) is 0 Å². The molecule has 1 aliphatic heterocycles. The first kappa shape index (κ1) is 16.9. The molecule has 0 amide bonds. The lowest BCUT2D eigenvalue weighted by atomic mass is 10.1. The second-order valence-corrected chi connectivity index (χ2v) is 5.60. The van der Waals surface area contributed by atoms with E-state index in [2.05, 4.69) is 4.90 Å². The number of hydrogen-bond acceptors (Lipinski definition) is 5. The maximum atomic E-state index is 11.0. The minimum atomic E-state index is 0.180. The van der Waals surface area contributed by atoms with Gasteiger partial charge >= 0.3 is 0 Å². The molecule has 0 radical (unpaired) electrons. The van der Waals surface area contributed by atoms with Gasteiger partial charge in [-0.2, -0.15) is 0 Å². The summed E-state index contributed by atoms with van der Waals surface area (Å²) in [4.78, 5) is 13.2. The smallest absolute Gasteiger partial charge is 0.150 e. The van der Waals surface area contributed by atoms with Crippen LogP contribution in [0.15, 0.2) is 18.2 Å². The molecule has 22 heavy (non-hydrogen) atoms. The lowest BCUT2D eigenvalue weighted by Crippen LogP contribution is -2.52. The van der Waals surface area contributed by atoms with Crippen LogP contribution in [-0.4, -0.2) is 57.0 Å². The van der Waals surface area contributed by atoms with Gasteiger partial charge in [0.05, 0.1) is 6.10 Å². The summed E-state index contributed by atoms with van der Waals surface area (Å²) in [6.07, 6.45) is 2.74. The van der Waals surface area contributed by atoms with Gasteiger partial charge in [-0.1, -0.05) is 6.07 Å². The van der Waals surface area contributed by atoms with Crippen LogP contribution in [0.4, 0.5) is 5.69 Å². The van der Waals surface area contributed by atoms with Crippen LogP contribution in [-0.2, 0) is 9.47 Å². The van der Waals surface area contributed by atoms with E-state index in [-0.39, 0.29) is 12.7 Å². The molecule has 1 aromatic carbocycles. The van der Waals surface area contributed by atoms with Gasteiger partial charge in [-0.15, -0.1) is 0 Å². The zero-order chi connectivity index (χ0) is 15.8. The molecule has 1 fully saturated rings. The highest BCUT2D eigenvalue weighted by Crippen LogP contribution is 2.24. The topological polar surface area (TPSA) is 59.0 Å². The third-order valence-corrected chi connectivity index (χ3v) is 3.84. The van der Waals surface area contributed by atoms with Crippen LogP contribution in [0.1, 0.15) is 28.8 Å². The first-order valence-electron chi connectivity index (χ1n) is 7.85. The van der Waals surface area contributed by atoms with E-state index in [0.717, 1.165) is 42.6 Å². The number of hydrogen-bond donors (Lipinski definition) is 1. The number of aldehydes is 1. The molecule has 5 heteroatoms. The SMILES string of the molecule is Cc1ccc(N2CC(OCCCOCCCO)C2)cc1C=O. The molecule has 0 atom stereocenters. The number of carbonyl (C=O) groups is 1. The molecule has 0 unspecified atom stereocenters. The summed E-state index contributed by atoms with van der Waals surface area (Å²) in [5, 5.41) is 8.62. The van der Waals surface area contributed by atoms with Gasteiger partial charge in [0.2, 0.25) is 0 Å². The van der Waals surface area contributed by atoms with Crippen LogP contribution in [0.2, 0.25) is 0 Å². The minimum absolute atomic E-state index is 0.180. The molecular formula is C17H25NO4. The van der Waals surface area contributed by atoms with Crippen molar-refractivity contribution < 1.29 is 19.4 Å². The van der Waals surface area contributed by atoms with E-state index >= 15 is 0 Å². The number of aryl methyl sites for hydroxylation is 1. The number of anilines is 1. The van der Waals surface area contributed by atoms with Crippen molar-refractivity contribution >= 4 is 12.0 Å². The van der Waals surface area contributed by atoms with Crippen molar-refractivity contribution in [3.05, 3.63) is 29.3 Å². The number of aliphatic hydroxyl groups is 1. The molecule has 1 aromatic rings. The van der Waals surface area contributed by atoms with Crippen molar-refractivity contribution in [3.63, 3.8) is 0 Å². The molecule has 0 aromatic heterocycles. The summed E-state index contributed by atoms with van der Waals surface area (Å²) in [6, 6.07) is 5.97. The second-order valence-electron chi connectivity index (χ2n) is 5.60. The lowest BCUT2D eigenvalue weighted by Gasteiger charge is -2.40. The van der Waals surface area contributed by atoms with Gasteiger partial charge in [-0.3, -0.25) is 4.79 Å². The number of ether oxygens (including phenoxy) is 2. The van der Waals surface area contributed by atoms with Gasteiger partial charge in [-0.25, -0.2) is 0 Å². The Kier molecular flexibility index (Phi) is 6.83. The fraction of sp³-hybridized carbons (Fsp3) is 0.588. The third kappa shape index (κ3) is 4.80. The minimum Gasteiger partial charge on any atom is -0.396 e. The van der Waals surface area contributed by atoms with Crippen LogP contribution in [0, 0.1) is 6.92 Å². The fourth-order valence-electron chi connectivity index (χ4n) is 2.39. The Bertz CT molecular complexity index is 472. The van der Waals surface area contributed by atoms with Crippen LogP contribution >= 0.6 is 0 Å². The molecule has 0 spiro atoms. The highest BCUT2D eigenvalue weighted by molar-refractivity contribution is 5.79. The summed E-state index contributed by atoms with van der Waals surface area (Å²) in [5.74, 6) is 0. The average molecular weight is 307 g/mol. The number of benzene rings is 1. The van der Waals surface area contributed by atoms with Gasteiger partial charge in [0.25, 0.3) is 0 Å². The number of aliphatic hydroxyl groups excluding tert-OH is 1. The molecule has 1 heterocycles. The lowest BCUT2D eigenvalue weighted by molar-refractivity contribution is 0.0175. The summed E-state index contributed by atoms with van der Waals surface area (Å²) < 4.78 is 11.1. The predicted octanol–water partition coefficient (Wildman–Crippen LogP) is 1.80. The van der Waals surface area contributed by atoms with E-state index < -0.39 is 0 Å². The normalized spacial score (nSPS) is 14.9. The third-order valence-electron chi connectivity index (χ3n) is 3.84. The highest BCUT2D eigenvalue weighted by Gasteiger charge is 2.27. The van der Waals surface area contributed by atoms with Gasteiger partial charge in [0, 0.05) is 50.8 Å². The zero-order valence-electron chi connectivity index (χ0n) is 13.2. The molecule has 0 aliphatic carbocycles. The van der Waals surface area contributed by atoms with Crippen molar-refractivity contribution in [1.82, 2.24) is 0 Å². The van der Waals surface area contributed by atoms with Gasteiger partial charge in [0.1, 0.15) is 6.29 Å². The predicted molar refractivity (Wildman–Crippen MR) is 85.7 cm³/mol. The van der Waals surface area contributed by atoms with E-state index in [4.69, 9.17) is 14.6 Å². The standard InChI is InChI=1S/C17H25NO4/c1-14-4-5-16(10-15(14)13-20)18-11-17(12-18)22-9-3-8-21-7-2-6-19/h4-5,10,13,17,19H,2-3,6-9,11-12H2,1H3. The van der Waals surface area contributed by atoms with Gasteiger partial charge in [0.15, 0.2) is 0 Å². The van der Waals surface area contributed by atoms with E-state index in [1.165, 1.54) is 0 Å². The quantitative estimate of drug-likeness (QED) is 0.527. The number of carbonyl (C=O) groups excluding carboxylic acids is 1. The average Bonchev–Trinajstić information content (AvgIpc) is 2.49. The Balaban J connectivity index is 1.60. The Labute approximate surface area is 131 Å². The molecule has 0 saturated carbocycles. The van der Waals surface area contributed by atoms with Crippen LogP contribution < -0.4 is 4.90 Å². The Morgan fingerprint density at radius 3 is 2.77 bits per heavy atom. The van der Waals surface area contributed by atoms with Crippen molar-refractivity contribution in [2.45, 2.75) is 25.9 Å². The zero-order valence-corrected chi connectivity index (χ0v) is 13.2. The van der Waals surface area contributed by atoms with E-state index in [1.54, 1.807) is 0 Å². The molecule has 1 N–H and O–H groups in total. The first-order chi connectivity index (χ1) is 10.7. The van der Waals surface area contributed by atoms with Crippen molar-refractivity contribution in [1.29, 1.82) is 0 Å². The van der Waals surface area contributed by atoms with Gasteiger partial charge in [-0.05, 0) is 37.5 Å². The molecule has 1 aliphatic rings. The summed E-state index contributed by atoms with van der Waals surface area (Å²) in [6.45, 7) is 5.85. The van der Waals surface area contributed by atoms with Gasteiger partial charge < -0.3 is 19.5 Å². The molecule has 1 saturated heterocycles. The summed E-state index contributed by atoms with van der Waals surface area (Å²) in [5.41, 5.74) is 2.84. The van der Waals surface area contributed by atoms with Crippen molar-refractivity contribution in [2.75, 3.05) is 44.4 Å². The second kappa shape index (κ2) is 8.88. The fourth-order valence-corrected chi connectivity index (χ4v) is 2.39. The molecular weight excluding hydrogens is 282 g/mol. The molecule has 5 nitrogen and oxygen atoms in total. The largest absolute Gasteiger partial charge is 0.396 e. The monoisotopic (exact) mass is 307 g/mol. The highest BCUT2D eigenvalue weighted by atomic mass is 16.5. The Hall–Kier alpha value is -1.43. The Morgan fingerprint density at radius 1 is 1.27 bits per heavy atom.